The number of fused-ring (bicyclic) bond motifs is 1. The molecule has 0 saturated heterocycles. The lowest BCUT2D eigenvalue weighted by Crippen LogP contribution is -2.40. The second-order valence-electron chi connectivity index (χ2n) is 5.17. The quantitative estimate of drug-likeness (QED) is 0.824. The number of carbonyl (C=O) groups is 2. The van der Waals surface area contributed by atoms with Crippen LogP contribution in [0.25, 0.3) is 0 Å². The van der Waals surface area contributed by atoms with E-state index in [2.05, 4.69) is 5.32 Å². The monoisotopic (exact) mass is 293 g/mol. The Balaban J connectivity index is 1.78. The molecular weight excluding hydrogens is 274 g/mol. The Morgan fingerprint density at radius 2 is 2.05 bits per heavy atom. The van der Waals surface area contributed by atoms with Crippen molar-refractivity contribution in [3.05, 3.63) is 24.3 Å². The van der Waals surface area contributed by atoms with Crippen molar-refractivity contribution in [2.24, 2.45) is 5.92 Å². The first-order valence-corrected chi connectivity index (χ1v) is 6.88. The molecule has 0 unspecified atom stereocenters. The Labute approximate surface area is 123 Å². The van der Waals surface area contributed by atoms with Gasteiger partial charge >= 0.3 is 5.97 Å². The summed E-state index contributed by atoms with van der Waals surface area (Å²) in [5.41, 5.74) is 0. The van der Waals surface area contributed by atoms with E-state index in [-0.39, 0.29) is 19.1 Å². The van der Waals surface area contributed by atoms with Gasteiger partial charge in [-0.15, -0.1) is 0 Å². The van der Waals surface area contributed by atoms with Crippen LogP contribution in [0.3, 0.4) is 0 Å². The number of amides is 1. The lowest BCUT2D eigenvalue weighted by atomic mass is 10.2. The van der Waals surface area contributed by atoms with Gasteiger partial charge in [0.05, 0.1) is 0 Å². The van der Waals surface area contributed by atoms with E-state index in [0.717, 1.165) is 0 Å². The van der Waals surface area contributed by atoms with Crippen LogP contribution in [0.2, 0.25) is 0 Å². The van der Waals surface area contributed by atoms with Crippen molar-refractivity contribution in [3.8, 4) is 11.5 Å². The van der Waals surface area contributed by atoms with E-state index in [1.54, 1.807) is 18.2 Å². The molecular formula is C15H19NO5. The Morgan fingerprint density at radius 1 is 1.33 bits per heavy atom. The molecule has 2 rings (SSSR count). The maximum Gasteiger partial charge on any atom is 0.351 e. The average molecular weight is 293 g/mol. The molecule has 1 aromatic carbocycles. The van der Waals surface area contributed by atoms with Crippen LogP contribution in [0, 0.1) is 5.92 Å². The molecule has 6 heteroatoms. The van der Waals surface area contributed by atoms with Gasteiger partial charge in [0.2, 0.25) is 6.10 Å². The number of hydrogen-bond donors (Lipinski definition) is 1. The molecule has 1 amide bonds. The van der Waals surface area contributed by atoms with Gasteiger partial charge in [-0.1, -0.05) is 26.0 Å². The molecule has 0 bridgehead atoms. The zero-order chi connectivity index (χ0) is 15.2. The van der Waals surface area contributed by atoms with Crippen molar-refractivity contribution in [1.29, 1.82) is 0 Å². The molecule has 0 saturated carbocycles. The fourth-order valence-corrected chi connectivity index (χ4v) is 1.73. The molecule has 1 N–H and O–H groups in total. The molecule has 1 aliphatic heterocycles. The molecule has 0 aromatic heterocycles. The highest BCUT2D eigenvalue weighted by molar-refractivity contribution is 5.82. The summed E-state index contributed by atoms with van der Waals surface area (Å²) < 4.78 is 15.8. The summed E-state index contributed by atoms with van der Waals surface area (Å²) in [6.45, 7) is 4.28. The van der Waals surface area contributed by atoms with Gasteiger partial charge in [-0.25, -0.2) is 4.79 Å². The molecule has 1 heterocycles. The first-order chi connectivity index (χ1) is 10.1. The molecule has 1 aromatic rings. The number of hydrogen-bond acceptors (Lipinski definition) is 5. The minimum Gasteiger partial charge on any atom is -0.485 e. The lowest BCUT2D eigenvalue weighted by Gasteiger charge is -2.24. The first kappa shape index (κ1) is 15.2. The average Bonchev–Trinajstić information content (AvgIpc) is 2.50. The second-order valence-corrected chi connectivity index (χ2v) is 5.17. The van der Waals surface area contributed by atoms with E-state index in [4.69, 9.17) is 14.2 Å². The molecule has 6 nitrogen and oxygen atoms in total. The third kappa shape index (κ3) is 4.37. The highest BCUT2D eigenvalue weighted by Gasteiger charge is 2.29. The van der Waals surface area contributed by atoms with Crippen LogP contribution in [0.15, 0.2) is 24.3 Å². The number of esters is 1. The molecule has 21 heavy (non-hydrogen) atoms. The van der Waals surface area contributed by atoms with E-state index >= 15 is 0 Å². The van der Waals surface area contributed by atoms with Gasteiger partial charge in [0.15, 0.2) is 18.1 Å². The van der Waals surface area contributed by atoms with E-state index in [9.17, 15) is 9.59 Å². The smallest absolute Gasteiger partial charge is 0.351 e. The highest BCUT2D eigenvalue weighted by atomic mass is 16.6. The minimum absolute atomic E-state index is 0.0729. The van der Waals surface area contributed by atoms with Gasteiger partial charge in [0.25, 0.3) is 5.91 Å². The predicted molar refractivity (Wildman–Crippen MR) is 75.2 cm³/mol. The Hall–Kier alpha value is -2.24. The van der Waals surface area contributed by atoms with Gasteiger partial charge in [-0.05, 0) is 18.1 Å². The summed E-state index contributed by atoms with van der Waals surface area (Å²) in [5.74, 6) is 0.501. The van der Waals surface area contributed by atoms with E-state index in [1.807, 2.05) is 19.9 Å². The minimum atomic E-state index is -0.849. The van der Waals surface area contributed by atoms with Gasteiger partial charge in [0.1, 0.15) is 6.61 Å². The van der Waals surface area contributed by atoms with E-state index < -0.39 is 12.1 Å². The summed E-state index contributed by atoms with van der Waals surface area (Å²) >= 11 is 0. The largest absolute Gasteiger partial charge is 0.485 e. The van der Waals surface area contributed by atoms with Crippen molar-refractivity contribution < 1.29 is 23.8 Å². The van der Waals surface area contributed by atoms with Crippen LogP contribution in [0.5, 0.6) is 11.5 Å². The topological polar surface area (TPSA) is 73.9 Å². The number of carbonyl (C=O) groups excluding carboxylic acids is 2. The maximum absolute atomic E-state index is 11.8. The molecule has 0 spiro atoms. The molecule has 0 radical (unpaired) electrons. The third-order valence-corrected chi connectivity index (χ3v) is 2.82. The zero-order valence-corrected chi connectivity index (χ0v) is 12.1. The van der Waals surface area contributed by atoms with Crippen LogP contribution in [-0.2, 0) is 14.3 Å². The molecule has 0 fully saturated rings. The Kier molecular flexibility index (Phi) is 5.03. The molecule has 114 valence electrons. The number of rotatable bonds is 5. The number of benzene rings is 1. The fraction of sp³-hybridized carbons (Fsp3) is 0.467. The molecule has 1 atom stereocenters. The molecule has 0 aliphatic carbocycles. The Bertz CT molecular complexity index is 515. The summed E-state index contributed by atoms with van der Waals surface area (Å²) in [6, 6.07) is 7.08. The van der Waals surface area contributed by atoms with Crippen molar-refractivity contribution in [1.82, 2.24) is 5.32 Å². The van der Waals surface area contributed by atoms with E-state index in [1.165, 1.54) is 0 Å². The van der Waals surface area contributed by atoms with Crippen molar-refractivity contribution in [2.75, 3.05) is 19.8 Å². The van der Waals surface area contributed by atoms with Crippen molar-refractivity contribution in [2.45, 2.75) is 20.0 Å². The maximum atomic E-state index is 11.8. The zero-order valence-electron chi connectivity index (χ0n) is 12.1. The normalized spacial score (nSPS) is 16.4. The van der Waals surface area contributed by atoms with Gasteiger partial charge in [0, 0.05) is 6.54 Å². The number of ether oxygens (including phenoxy) is 3. The standard InChI is InChI=1S/C15H19NO5/c1-10(2)7-16-14(17)9-20-15(18)13-8-19-11-5-3-4-6-12(11)21-13/h3-6,10,13H,7-9H2,1-2H3,(H,16,17)/t13-/m0/s1. The lowest BCUT2D eigenvalue weighted by molar-refractivity contribution is -0.157. The van der Waals surface area contributed by atoms with Gasteiger partial charge in [-0.3, -0.25) is 4.79 Å². The SMILES string of the molecule is CC(C)CNC(=O)COC(=O)[C@@H]1COc2ccccc2O1. The van der Waals surface area contributed by atoms with Crippen molar-refractivity contribution in [3.63, 3.8) is 0 Å². The number of para-hydroxylation sites is 2. The summed E-state index contributed by atoms with van der Waals surface area (Å²) in [6.07, 6.45) is -0.849. The van der Waals surface area contributed by atoms with Crippen molar-refractivity contribution >= 4 is 11.9 Å². The predicted octanol–water partition coefficient (Wildman–Crippen LogP) is 1.14. The van der Waals surface area contributed by atoms with Gasteiger partial charge < -0.3 is 19.5 Å². The van der Waals surface area contributed by atoms with Crippen LogP contribution >= 0.6 is 0 Å². The molecule has 1 aliphatic rings. The third-order valence-electron chi connectivity index (χ3n) is 2.82. The van der Waals surface area contributed by atoms with Crippen LogP contribution in [0.1, 0.15) is 13.8 Å². The second kappa shape index (κ2) is 6.97. The van der Waals surface area contributed by atoms with E-state index in [0.29, 0.717) is 24.0 Å². The fourth-order valence-electron chi connectivity index (χ4n) is 1.73. The Morgan fingerprint density at radius 3 is 2.76 bits per heavy atom. The van der Waals surface area contributed by atoms with Crippen LogP contribution in [-0.4, -0.2) is 37.7 Å². The van der Waals surface area contributed by atoms with Gasteiger partial charge in [-0.2, -0.15) is 0 Å². The summed E-state index contributed by atoms with van der Waals surface area (Å²) in [4.78, 5) is 23.3. The first-order valence-electron chi connectivity index (χ1n) is 6.88. The highest BCUT2D eigenvalue weighted by Crippen LogP contribution is 2.30. The number of nitrogens with one attached hydrogen (secondary N) is 1. The van der Waals surface area contributed by atoms with Crippen LogP contribution < -0.4 is 14.8 Å². The summed E-state index contributed by atoms with van der Waals surface area (Å²) in [5, 5.41) is 2.67. The van der Waals surface area contributed by atoms with Crippen LogP contribution in [0.4, 0.5) is 0 Å². The summed E-state index contributed by atoms with van der Waals surface area (Å²) in [7, 11) is 0.